The highest BCUT2D eigenvalue weighted by molar-refractivity contribution is 5.83. The van der Waals surface area contributed by atoms with Crippen molar-refractivity contribution in [1.29, 1.82) is 0 Å². The highest BCUT2D eigenvalue weighted by Gasteiger charge is 2.46. The average Bonchev–Trinajstić information content (AvgIpc) is 3.31. The standard InChI is InChI=1S/C18H25F2NO2/c1-3-18(4-2,8-9-22)11-21-17(23)13-10-12(13)16-14(19)6-5-7-15(16)20/h5-7,12-13,22H,3-4,8-11H2,1-2H3,(H,21,23). The van der Waals surface area contributed by atoms with Crippen molar-refractivity contribution in [1.82, 2.24) is 5.32 Å². The molecule has 0 radical (unpaired) electrons. The molecule has 1 aliphatic rings. The maximum absolute atomic E-state index is 13.8. The minimum atomic E-state index is -0.581. The van der Waals surface area contributed by atoms with E-state index in [1.165, 1.54) is 18.2 Å². The molecule has 1 aliphatic carbocycles. The van der Waals surface area contributed by atoms with Crippen LogP contribution >= 0.6 is 0 Å². The third-order valence-corrected chi connectivity index (χ3v) is 5.28. The van der Waals surface area contributed by atoms with Gasteiger partial charge in [-0.1, -0.05) is 19.9 Å². The Hall–Kier alpha value is -1.49. The van der Waals surface area contributed by atoms with Gasteiger partial charge in [0.25, 0.3) is 0 Å². The van der Waals surface area contributed by atoms with Crippen LogP contribution in [0.2, 0.25) is 0 Å². The van der Waals surface area contributed by atoms with E-state index in [2.05, 4.69) is 5.32 Å². The molecule has 2 N–H and O–H groups in total. The zero-order valence-electron chi connectivity index (χ0n) is 13.7. The number of aliphatic hydroxyl groups is 1. The molecule has 0 spiro atoms. The van der Waals surface area contributed by atoms with Crippen LogP contribution in [-0.4, -0.2) is 24.2 Å². The number of aliphatic hydroxyl groups excluding tert-OH is 1. The van der Waals surface area contributed by atoms with Gasteiger partial charge in [-0.15, -0.1) is 0 Å². The summed E-state index contributed by atoms with van der Waals surface area (Å²) in [6, 6.07) is 3.79. The Bertz CT molecular complexity index is 538. The van der Waals surface area contributed by atoms with Crippen molar-refractivity contribution in [2.24, 2.45) is 11.3 Å². The molecule has 0 aliphatic heterocycles. The number of hydrogen-bond donors (Lipinski definition) is 2. The molecule has 1 fully saturated rings. The van der Waals surface area contributed by atoms with E-state index >= 15 is 0 Å². The van der Waals surface area contributed by atoms with E-state index in [0.717, 1.165) is 12.8 Å². The molecular formula is C18H25F2NO2. The summed E-state index contributed by atoms with van der Waals surface area (Å²) in [7, 11) is 0. The van der Waals surface area contributed by atoms with Gasteiger partial charge in [0.1, 0.15) is 11.6 Å². The number of rotatable bonds is 8. The van der Waals surface area contributed by atoms with Gasteiger partial charge in [0, 0.05) is 30.6 Å². The first kappa shape index (κ1) is 17.9. The summed E-state index contributed by atoms with van der Waals surface area (Å²) < 4.78 is 27.5. The summed E-state index contributed by atoms with van der Waals surface area (Å²) in [5.74, 6) is -2.04. The Morgan fingerprint density at radius 2 is 1.91 bits per heavy atom. The molecule has 2 unspecified atom stereocenters. The highest BCUT2D eigenvalue weighted by atomic mass is 19.1. The Morgan fingerprint density at radius 1 is 1.30 bits per heavy atom. The fourth-order valence-corrected chi connectivity index (χ4v) is 3.25. The largest absolute Gasteiger partial charge is 0.396 e. The fraction of sp³-hybridized carbons (Fsp3) is 0.611. The quantitative estimate of drug-likeness (QED) is 0.770. The lowest BCUT2D eigenvalue weighted by molar-refractivity contribution is -0.123. The number of nitrogens with one attached hydrogen (secondary N) is 1. The van der Waals surface area contributed by atoms with Gasteiger partial charge in [-0.25, -0.2) is 8.78 Å². The lowest BCUT2D eigenvalue weighted by Gasteiger charge is -2.31. The molecule has 3 nitrogen and oxygen atoms in total. The molecule has 0 bridgehead atoms. The van der Waals surface area contributed by atoms with Gasteiger partial charge < -0.3 is 10.4 Å². The summed E-state index contributed by atoms with van der Waals surface area (Å²) in [4.78, 5) is 12.3. The Morgan fingerprint density at radius 3 is 2.43 bits per heavy atom. The van der Waals surface area contributed by atoms with E-state index in [-0.39, 0.29) is 35.3 Å². The fourth-order valence-electron chi connectivity index (χ4n) is 3.25. The maximum atomic E-state index is 13.8. The van der Waals surface area contributed by atoms with Crippen molar-refractivity contribution in [3.8, 4) is 0 Å². The van der Waals surface area contributed by atoms with Gasteiger partial charge in [0.2, 0.25) is 5.91 Å². The maximum Gasteiger partial charge on any atom is 0.223 e. The third kappa shape index (κ3) is 3.89. The van der Waals surface area contributed by atoms with Gasteiger partial charge in [-0.05, 0) is 43.2 Å². The van der Waals surface area contributed by atoms with Crippen LogP contribution in [0.5, 0.6) is 0 Å². The van der Waals surface area contributed by atoms with E-state index in [4.69, 9.17) is 0 Å². The van der Waals surface area contributed by atoms with Crippen LogP contribution in [0, 0.1) is 23.0 Å². The average molecular weight is 325 g/mol. The molecule has 23 heavy (non-hydrogen) atoms. The van der Waals surface area contributed by atoms with Crippen LogP contribution < -0.4 is 5.32 Å². The monoisotopic (exact) mass is 325 g/mol. The summed E-state index contributed by atoms with van der Waals surface area (Å²) in [5, 5.41) is 12.1. The topological polar surface area (TPSA) is 49.3 Å². The molecule has 1 aromatic carbocycles. The Labute approximate surface area is 136 Å². The van der Waals surface area contributed by atoms with Crippen molar-refractivity contribution in [2.45, 2.75) is 45.4 Å². The molecule has 2 rings (SSSR count). The molecule has 0 saturated heterocycles. The van der Waals surface area contributed by atoms with E-state index in [9.17, 15) is 18.7 Å². The van der Waals surface area contributed by atoms with Crippen LogP contribution in [0.3, 0.4) is 0 Å². The first-order valence-electron chi connectivity index (χ1n) is 8.30. The molecule has 5 heteroatoms. The SMILES string of the molecule is CCC(CC)(CCO)CNC(=O)C1CC1c1c(F)cccc1F. The number of halogens is 2. The minimum Gasteiger partial charge on any atom is -0.396 e. The number of carbonyl (C=O) groups is 1. The van der Waals surface area contributed by atoms with Crippen molar-refractivity contribution in [3.05, 3.63) is 35.4 Å². The predicted molar refractivity (Wildman–Crippen MR) is 84.9 cm³/mol. The van der Waals surface area contributed by atoms with E-state index in [1.807, 2.05) is 13.8 Å². The molecule has 2 atom stereocenters. The highest BCUT2D eigenvalue weighted by Crippen LogP contribution is 2.49. The van der Waals surface area contributed by atoms with E-state index < -0.39 is 11.6 Å². The van der Waals surface area contributed by atoms with Crippen LogP contribution in [0.1, 0.15) is 51.0 Å². The molecule has 1 aromatic rings. The first-order chi connectivity index (χ1) is 11.0. The number of carbonyl (C=O) groups excluding carboxylic acids is 1. The van der Waals surface area contributed by atoms with Gasteiger partial charge in [-0.2, -0.15) is 0 Å². The van der Waals surface area contributed by atoms with Crippen LogP contribution in [0.25, 0.3) is 0 Å². The molecule has 1 saturated carbocycles. The third-order valence-electron chi connectivity index (χ3n) is 5.28. The van der Waals surface area contributed by atoms with Gasteiger partial charge >= 0.3 is 0 Å². The van der Waals surface area contributed by atoms with Gasteiger partial charge in [-0.3, -0.25) is 4.79 Å². The second kappa shape index (κ2) is 7.39. The number of hydrogen-bond acceptors (Lipinski definition) is 2. The first-order valence-corrected chi connectivity index (χ1v) is 8.30. The zero-order valence-corrected chi connectivity index (χ0v) is 13.7. The van der Waals surface area contributed by atoms with E-state index in [1.54, 1.807) is 0 Å². The summed E-state index contributed by atoms with van der Waals surface area (Å²) in [6.45, 7) is 4.66. The van der Waals surface area contributed by atoms with Gasteiger partial charge in [0.05, 0.1) is 0 Å². The van der Waals surface area contributed by atoms with Crippen LogP contribution in [0.4, 0.5) is 8.78 Å². The zero-order chi connectivity index (χ0) is 17.0. The molecule has 0 aromatic heterocycles. The van der Waals surface area contributed by atoms with Gasteiger partial charge in [0.15, 0.2) is 0 Å². The Balaban J connectivity index is 1.96. The molecule has 1 amide bonds. The van der Waals surface area contributed by atoms with Crippen molar-refractivity contribution >= 4 is 5.91 Å². The second-order valence-electron chi connectivity index (χ2n) is 6.48. The number of benzene rings is 1. The Kier molecular flexibility index (Phi) is 5.74. The molecule has 128 valence electrons. The van der Waals surface area contributed by atoms with Crippen LogP contribution in [-0.2, 0) is 4.79 Å². The van der Waals surface area contributed by atoms with Crippen LogP contribution in [0.15, 0.2) is 18.2 Å². The second-order valence-corrected chi connectivity index (χ2v) is 6.48. The van der Waals surface area contributed by atoms with Crippen molar-refractivity contribution < 1.29 is 18.7 Å². The lowest BCUT2D eigenvalue weighted by atomic mass is 9.79. The normalized spacial score (nSPS) is 20.4. The van der Waals surface area contributed by atoms with Crippen molar-refractivity contribution in [2.75, 3.05) is 13.2 Å². The summed E-state index contributed by atoms with van der Waals surface area (Å²) in [5.41, 5.74) is -0.0850. The predicted octanol–water partition coefficient (Wildman–Crippen LogP) is 3.37. The van der Waals surface area contributed by atoms with E-state index in [0.29, 0.717) is 19.4 Å². The summed E-state index contributed by atoms with van der Waals surface area (Å²) >= 11 is 0. The number of amides is 1. The van der Waals surface area contributed by atoms with Crippen molar-refractivity contribution in [3.63, 3.8) is 0 Å². The lowest BCUT2D eigenvalue weighted by Crippen LogP contribution is -2.38. The molecule has 0 heterocycles. The smallest absolute Gasteiger partial charge is 0.223 e. The minimum absolute atomic E-state index is 0.0280. The summed E-state index contributed by atoms with van der Waals surface area (Å²) in [6.07, 6.45) is 2.84. The molecular weight excluding hydrogens is 300 g/mol.